The molecule has 1 aliphatic rings. The van der Waals surface area contributed by atoms with Crippen LogP contribution in [0.4, 0.5) is 0 Å². The predicted molar refractivity (Wildman–Crippen MR) is 49.0 cm³/mol. The summed E-state index contributed by atoms with van der Waals surface area (Å²) in [4.78, 5) is 4.16. The van der Waals surface area contributed by atoms with Gasteiger partial charge in [-0.3, -0.25) is 4.99 Å². The van der Waals surface area contributed by atoms with E-state index in [-0.39, 0.29) is 5.41 Å². The summed E-state index contributed by atoms with van der Waals surface area (Å²) in [5.41, 5.74) is 0.257. The summed E-state index contributed by atoms with van der Waals surface area (Å²) in [6.07, 6.45) is 1.55. The average Bonchev–Trinajstić information content (AvgIpc) is 2.40. The molecule has 1 aliphatic heterocycles. The van der Waals surface area contributed by atoms with E-state index in [0.717, 1.165) is 6.61 Å². The smallest absolute Gasteiger partial charge is 0.169 e. The Morgan fingerprint density at radius 3 is 2.09 bits per heavy atom. The summed E-state index contributed by atoms with van der Waals surface area (Å²) in [5.74, 6) is 0. The zero-order valence-corrected chi connectivity index (χ0v) is 8.22. The normalized spacial score (nSPS) is 22.1. The van der Waals surface area contributed by atoms with Crippen molar-refractivity contribution in [2.75, 3.05) is 6.61 Å². The van der Waals surface area contributed by atoms with Crippen LogP contribution in [0.25, 0.3) is 0 Å². The largest absolute Gasteiger partial charge is 0.481 e. The molecule has 0 amide bonds. The molecule has 1 unspecified atom stereocenters. The molecule has 0 saturated heterocycles. The Morgan fingerprint density at radius 1 is 1.36 bits per heavy atom. The SMILES string of the molecule is CC.CC(C)(C)C1COC=N1. The van der Waals surface area contributed by atoms with Gasteiger partial charge in [0.1, 0.15) is 6.61 Å². The lowest BCUT2D eigenvalue weighted by Crippen LogP contribution is -2.25. The van der Waals surface area contributed by atoms with Crippen LogP contribution >= 0.6 is 0 Å². The van der Waals surface area contributed by atoms with Crippen molar-refractivity contribution in [3.05, 3.63) is 0 Å². The van der Waals surface area contributed by atoms with Crippen molar-refractivity contribution in [2.45, 2.75) is 40.7 Å². The van der Waals surface area contributed by atoms with Gasteiger partial charge in [-0.15, -0.1) is 0 Å². The summed E-state index contributed by atoms with van der Waals surface area (Å²) < 4.78 is 4.99. The van der Waals surface area contributed by atoms with Gasteiger partial charge in [0, 0.05) is 0 Å². The summed E-state index contributed by atoms with van der Waals surface area (Å²) in [7, 11) is 0. The van der Waals surface area contributed by atoms with Crippen LogP contribution in [0, 0.1) is 5.41 Å². The fraction of sp³-hybridized carbons (Fsp3) is 0.889. The molecule has 0 aromatic heterocycles. The lowest BCUT2D eigenvalue weighted by Gasteiger charge is -2.22. The van der Waals surface area contributed by atoms with Crippen molar-refractivity contribution in [3.63, 3.8) is 0 Å². The lowest BCUT2D eigenvalue weighted by atomic mass is 9.88. The van der Waals surface area contributed by atoms with E-state index in [0.29, 0.717) is 6.04 Å². The third-order valence-electron chi connectivity index (χ3n) is 1.57. The van der Waals surface area contributed by atoms with Crippen LogP contribution in [0.5, 0.6) is 0 Å². The highest BCUT2D eigenvalue weighted by molar-refractivity contribution is 5.49. The molecule has 0 saturated carbocycles. The van der Waals surface area contributed by atoms with Gasteiger partial charge in [-0.2, -0.15) is 0 Å². The fourth-order valence-corrected chi connectivity index (χ4v) is 0.767. The third-order valence-corrected chi connectivity index (χ3v) is 1.57. The van der Waals surface area contributed by atoms with E-state index in [2.05, 4.69) is 25.8 Å². The van der Waals surface area contributed by atoms with E-state index in [4.69, 9.17) is 4.74 Å². The Bertz CT molecular complexity index is 124. The van der Waals surface area contributed by atoms with Gasteiger partial charge >= 0.3 is 0 Å². The van der Waals surface area contributed by atoms with Crippen molar-refractivity contribution in [3.8, 4) is 0 Å². The number of hydrogen-bond acceptors (Lipinski definition) is 2. The summed E-state index contributed by atoms with van der Waals surface area (Å²) in [6.45, 7) is 11.3. The topological polar surface area (TPSA) is 21.6 Å². The van der Waals surface area contributed by atoms with Crippen molar-refractivity contribution in [1.29, 1.82) is 0 Å². The van der Waals surface area contributed by atoms with Gasteiger partial charge in [0.15, 0.2) is 6.40 Å². The van der Waals surface area contributed by atoms with Crippen molar-refractivity contribution in [1.82, 2.24) is 0 Å². The van der Waals surface area contributed by atoms with Crippen LogP contribution in [0.2, 0.25) is 0 Å². The van der Waals surface area contributed by atoms with E-state index < -0.39 is 0 Å². The standard InChI is InChI=1S/C7H13NO.C2H6/c1-7(2,3)6-4-9-5-8-6;1-2/h5-6H,4H2,1-3H3;1-2H3. The second-order valence-electron chi connectivity index (χ2n) is 3.47. The number of rotatable bonds is 0. The molecule has 0 bridgehead atoms. The van der Waals surface area contributed by atoms with Gasteiger partial charge in [-0.25, -0.2) is 0 Å². The van der Waals surface area contributed by atoms with E-state index >= 15 is 0 Å². The Kier molecular flexibility index (Phi) is 4.16. The highest BCUT2D eigenvalue weighted by atomic mass is 16.5. The molecule has 1 rings (SSSR count). The van der Waals surface area contributed by atoms with Crippen LogP contribution in [0.15, 0.2) is 4.99 Å². The van der Waals surface area contributed by atoms with Gasteiger partial charge in [0.05, 0.1) is 6.04 Å². The molecule has 0 N–H and O–H groups in total. The zero-order chi connectivity index (χ0) is 8.91. The molecule has 0 aliphatic carbocycles. The molecule has 66 valence electrons. The first-order valence-electron chi connectivity index (χ1n) is 4.24. The summed E-state index contributed by atoms with van der Waals surface area (Å²) in [5, 5.41) is 0. The first-order chi connectivity index (χ1) is 5.11. The third kappa shape index (κ3) is 3.40. The number of ether oxygens (including phenoxy) is 1. The van der Waals surface area contributed by atoms with Gasteiger partial charge in [0.2, 0.25) is 0 Å². The van der Waals surface area contributed by atoms with Crippen molar-refractivity contribution >= 4 is 6.40 Å². The molecule has 0 spiro atoms. The number of hydrogen-bond donors (Lipinski definition) is 0. The monoisotopic (exact) mass is 157 g/mol. The molecular formula is C9H19NO. The second kappa shape index (κ2) is 4.37. The minimum Gasteiger partial charge on any atom is -0.481 e. The average molecular weight is 157 g/mol. The Morgan fingerprint density at radius 2 is 1.91 bits per heavy atom. The molecule has 11 heavy (non-hydrogen) atoms. The van der Waals surface area contributed by atoms with Crippen LogP contribution in [0.3, 0.4) is 0 Å². The van der Waals surface area contributed by atoms with E-state index in [1.54, 1.807) is 6.40 Å². The van der Waals surface area contributed by atoms with Gasteiger partial charge in [-0.05, 0) is 5.41 Å². The van der Waals surface area contributed by atoms with Gasteiger partial charge < -0.3 is 4.74 Å². The minimum atomic E-state index is 0.257. The van der Waals surface area contributed by atoms with Crippen LogP contribution < -0.4 is 0 Å². The lowest BCUT2D eigenvalue weighted by molar-refractivity contribution is 0.239. The molecule has 1 atom stereocenters. The van der Waals surface area contributed by atoms with Gasteiger partial charge in [0.25, 0.3) is 0 Å². The van der Waals surface area contributed by atoms with Crippen LogP contribution in [-0.4, -0.2) is 19.0 Å². The maximum absolute atomic E-state index is 4.99. The Labute approximate surface area is 69.7 Å². The first-order valence-corrected chi connectivity index (χ1v) is 4.24. The van der Waals surface area contributed by atoms with Gasteiger partial charge in [-0.1, -0.05) is 34.6 Å². The Hall–Kier alpha value is -0.530. The Balaban J connectivity index is 0.000000461. The highest BCUT2D eigenvalue weighted by Crippen LogP contribution is 2.23. The van der Waals surface area contributed by atoms with E-state index in [1.807, 2.05) is 13.8 Å². The first kappa shape index (κ1) is 10.5. The summed E-state index contributed by atoms with van der Waals surface area (Å²) in [6, 6.07) is 0.359. The molecule has 0 aromatic rings. The summed E-state index contributed by atoms with van der Waals surface area (Å²) >= 11 is 0. The van der Waals surface area contributed by atoms with Crippen molar-refractivity contribution < 1.29 is 4.74 Å². The number of aliphatic imine (C=N–C) groups is 1. The van der Waals surface area contributed by atoms with Crippen LogP contribution in [-0.2, 0) is 4.74 Å². The van der Waals surface area contributed by atoms with E-state index in [1.165, 1.54) is 0 Å². The maximum Gasteiger partial charge on any atom is 0.169 e. The fourth-order valence-electron chi connectivity index (χ4n) is 0.767. The minimum absolute atomic E-state index is 0.257. The maximum atomic E-state index is 4.99. The highest BCUT2D eigenvalue weighted by Gasteiger charge is 2.26. The van der Waals surface area contributed by atoms with Crippen molar-refractivity contribution in [2.24, 2.45) is 10.4 Å². The molecule has 0 radical (unpaired) electrons. The molecule has 2 heteroatoms. The molecular weight excluding hydrogens is 138 g/mol. The molecule has 0 aromatic carbocycles. The second-order valence-corrected chi connectivity index (χ2v) is 3.47. The zero-order valence-electron chi connectivity index (χ0n) is 8.22. The quantitative estimate of drug-likeness (QED) is 0.529. The van der Waals surface area contributed by atoms with Crippen LogP contribution in [0.1, 0.15) is 34.6 Å². The predicted octanol–water partition coefficient (Wildman–Crippen LogP) is 2.49. The molecule has 1 heterocycles. The van der Waals surface area contributed by atoms with E-state index in [9.17, 15) is 0 Å². The number of nitrogens with zero attached hydrogens (tertiary/aromatic N) is 1. The molecule has 0 fully saturated rings. The molecule has 2 nitrogen and oxygen atoms in total.